The van der Waals surface area contributed by atoms with Gasteiger partial charge < -0.3 is 15.4 Å². The minimum atomic E-state index is 0.0158. The van der Waals surface area contributed by atoms with Crippen LogP contribution in [0.5, 0.6) is 0 Å². The Morgan fingerprint density at radius 1 is 1.32 bits per heavy atom. The van der Waals surface area contributed by atoms with Gasteiger partial charge in [0.15, 0.2) is 0 Å². The summed E-state index contributed by atoms with van der Waals surface area (Å²) in [4.78, 5) is 11.5. The number of hydrogen-bond donors (Lipinski definition) is 2. The number of likely N-dealkylation sites (N-methyl/N-ethyl adjacent to an activating group) is 1. The topological polar surface area (TPSA) is 50.4 Å². The smallest absolute Gasteiger partial charge is 0.224 e. The number of carbonyl (C=O) groups excluding carboxylic acids is 1. The monoisotopic (exact) mass is 264 g/mol. The van der Waals surface area contributed by atoms with Gasteiger partial charge in [-0.2, -0.15) is 0 Å². The molecule has 1 rings (SSSR count). The summed E-state index contributed by atoms with van der Waals surface area (Å²) in [6.45, 7) is 4.95. The summed E-state index contributed by atoms with van der Waals surface area (Å²) in [5.74, 6) is 0.468. The first kappa shape index (κ1) is 15.5. The van der Waals surface area contributed by atoms with Crippen molar-refractivity contribution in [2.24, 2.45) is 5.92 Å². The third-order valence-corrected chi connectivity index (χ3v) is 3.14. The van der Waals surface area contributed by atoms with Gasteiger partial charge in [0, 0.05) is 19.8 Å². The highest BCUT2D eigenvalue weighted by atomic mass is 16.5. The number of methoxy groups -OCH3 is 1. The van der Waals surface area contributed by atoms with Crippen molar-refractivity contribution in [1.82, 2.24) is 5.32 Å². The van der Waals surface area contributed by atoms with E-state index in [4.69, 9.17) is 4.74 Å². The van der Waals surface area contributed by atoms with E-state index in [1.165, 1.54) is 0 Å². The molecule has 19 heavy (non-hydrogen) atoms. The zero-order valence-corrected chi connectivity index (χ0v) is 12.2. The highest BCUT2D eigenvalue weighted by Crippen LogP contribution is 2.19. The standard InChI is InChI=1S/C15H24N2O2/c1-11(2)14(10-19-4)17-13-8-6-5-7-12(13)9-15(18)16-3/h5-8,11,14,17H,9-10H2,1-4H3,(H,16,18). The van der Waals surface area contributed by atoms with Gasteiger partial charge in [-0.25, -0.2) is 0 Å². The molecule has 0 aromatic heterocycles. The number of nitrogens with one attached hydrogen (secondary N) is 2. The Bertz CT molecular complexity index is 405. The molecule has 0 fully saturated rings. The molecule has 0 aliphatic heterocycles. The maximum absolute atomic E-state index is 11.5. The molecule has 0 heterocycles. The molecular weight excluding hydrogens is 240 g/mol. The average molecular weight is 264 g/mol. The number of anilines is 1. The second-order valence-corrected chi connectivity index (χ2v) is 4.96. The van der Waals surface area contributed by atoms with Crippen molar-refractivity contribution in [3.05, 3.63) is 29.8 Å². The summed E-state index contributed by atoms with van der Waals surface area (Å²) < 4.78 is 5.24. The second kappa shape index (κ2) is 7.79. The van der Waals surface area contributed by atoms with Crippen molar-refractivity contribution in [1.29, 1.82) is 0 Å². The van der Waals surface area contributed by atoms with Crippen LogP contribution in [-0.4, -0.2) is 32.7 Å². The van der Waals surface area contributed by atoms with Crippen LogP contribution in [0.15, 0.2) is 24.3 Å². The van der Waals surface area contributed by atoms with Crippen molar-refractivity contribution < 1.29 is 9.53 Å². The maximum Gasteiger partial charge on any atom is 0.224 e. The van der Waals surface area contributed by atoms with Crippen LogP contribution in [-0.2, 0) is 16.0 Å². The van der Waals surface area contributed by atoms with E-state index in [0.29, 0.717) is 18.9 Å². The first-order valence-electron chi connectivity index (χ1n) is 6.62. The van der Waals surface area contributed by atoms with Gasteiger partial charge in [-0.3, -0.25) is 4.79 Å². The molecule has 1 amide bonds. The van der Waals surface area contributed by atoms with Crippen molar-refractivity contribution in [2.45, 2.75) is 26.3 Å². The Kier molecular flexibility index (Phi) is 6.36. The molecular formula is C15H24N2O2. The number of hydrogen-bond acceptors (Lipinski definition) is 3. The van der Waals surface area contributed by atoms with Crippen LogP contribution in [0, 0.1) is 5.92 Å². The molecule has 1 aromatic carbocycles. The molecule has 1 aromatic rings. The van der Waals surface area contributed by atoms with Gasteiger partial charge >= 0.3 is 0 Å². The predicted octanol–water partition coefficient (Wildman–Crippen LogP) is 2.06. The number of para-hydroxylation sites is 1. The number of amides is 1. The van der Waals surface area contributed by atoms with Crippen LogP contribution >= 0.6 is 0 Å². The molecule has 0 spiro atoms. The first-order valence-corrected chi connectivity index (χ1v) is 6.62. The van der Waals surface area contributed by atoms with Crippen LogP contribution in [0.3, 0.4) is 0 Å². The molecule has 4 nitrogen and oxygen atoms in total. The predicted molar refractivity (Wildman–Crippen MR) is 78.3 cm³/mol. The minimum absolute atomic E-state index is 0.0158. The van der Waals surface area contributed by atoms with Gasteiger partial charge in [-0.1, -0.05) is 32.0 Å². The van der Waals surface area contributed by atoms with Crippen LogP contribution in [0.1, 0.15) is 19.4 Å². The van der Waals surface area contributed by atoms with Gasteiger partial charge in [0.25, 0.3) is 0 Å². The highest BCUT2D eigenvalue weighted by Gasteiger charge is 2.15. The summed E-state index contributed by atoms with van der Waals surface area (Å²) in [7, 11) is 3.35. The molecule has 106 valence electrons. The fourth-order valence-corrected chi connectivity index (χ4v) is 1.86. The lowest BCUT2D eigenvalue weighted by Crippen LogP contribution is -2.31. The maximum atomic E-state index is 11.5. The van der Waals surface area contributed by atoms with E-state index >= 15 is 0 Å². The van der Waals surface area contributed by atoms with E-state index in [0.717, 1.165) is 11.3 Å². The summed E-state index contributed by atoms with van der Waals surface area (Å²) in [5.41, 5.74) is 2.01. The lowest BCUT2D eigenvalue weighted by Gasteiger charge is -2.24. The van der Waals surface area contributed by atoms with Crippen LogP contribution in [0.4, 0.5) is 5.69 Å². The molecule has 0 radical (unpaired) electrons. The molecule has 0 saturated carbocycles. The normalized spacial score (nSPS) is 12.3. The molecule has 4 heteroatoms. The third-order valence-electron chi connectivity index (χ3n) is 3.14. The van der Waals surface area contributed by atoms with E-state index < -0.39 is 0 Å². The van der Waals surface area contributed by atoms with E-state index in [9.17, 15) is 4.79 Å². The van der Waals surface area contributed by atoms with Crippen molar-refractivity contribution in [3.63, 3.8) is 0 Å². The average Bonchev–Trinajstić information content (AvgIpc) is 2.40. The van der Waals surface area contributed by atoms with Crippen molar-refractivity contribution in [2.75, 3.05) is 26.1 Å². The van der Waals surface area contributed by atoms with Gasteiger partial charge in [-0.05, 0) is 17.5 Å². The fourth-order valence-electron chi connectivity index (χ4n) is 1.86. The molecule has 1 atom stereocenters. The quantitative estimate of drug-likeness (QED) is 0.792. The zero-order valence-electron chi connectivity index (χ0n) is 12.2. The van der Waals surface area contributed by atoms with Crippen molar-refractivity contribution in [3.8, 4) is 0 Å². The summed E-state index contributed by atoms with van der Waals surface area (Å²) in [6, 6.07) is 8.13. The molecule has 2 N–H and O–H groups in total. The molecule has 0 aliphatic carbocycles. The minimum Gasteiger partial charge on any atom is -0.383 e. The highest BCUT2D eigenvalue weighted by molar-refractivity contribution is 5.80. The molecule has 0 bridgehead atoms. The lowest BCUT2D eigenvalue weighted by atomic mass is 10.0. The van der Waals surface area contributed by atoms with Gasteiger partial charge in [-0.15, -0.1) is 0 Å². The van der Waals surface area contributed by atoms with E-state index in [-0.39, 0.29) is 11.9 Å². The van der Waals surface area contributed by atoms with E-state index in [1.807, 2.05) is 24.3 Å². The fraction of sp³-hybridized carbons (Fsp3) is 0.533. The van der Waals surface area contributed by atoms with Gasteiger partial charge in [0.1, 0.15) is 0 Å². The van der Waals surface area contributed by atoms with E-state index in [1.54, 1.807) is 14.2 Å². The molecule has 0 aliphatic rings. The van der Waals surface area contributed by atoms with Crippen molar-refractivity contribution >= 4 is 11.6 Å². The number of benzene rings is 1. The number of rotatable bonds is 7. The SMILES string of the molecule is CNC(=O)Cc1ccccc1NC(COC)C(C)C. The Morgan fingerprint density at radius 3 is 2.58 bits per heavy atom. The Morgan fingerprint density at radius 2 is 2.00 bits per heavy atom. The number of carbonyl (C=O) groups is 1. The Labute approximate surface area is 115 Å². The largest absolute Gasteiger partial charge is 0.383 e. The Balaban J connectivity index is 2.84. The number of ether oxygens (including phenoxy) is 1. The molecule has 0 saturated heterocycles. The second-order valence-electron chi connectivity index (χ2n) is 4.96. The summed E-state index contributed by atoms with van der Waals surface area (Å²) in [5, 5.41) is 6.12. The summed E-state index contributed by atoms with van der Waals surface area (Å²) in [6.07, 6.45) is 0.386. The first-order chi connectivity index (χ1) is 9.08. The Hall–Kier alpha value is -1.55. The molecule has 1 unspecified atom stereocenters. The lowest BCUT2D eigenvalue weighted by molar-refractivity contribution is -0.119. The van der Waals surface area contributed by atoms with Gasteiger partial charge in [0.05, 0.1) is 19.1 Å². The van der Waals surface area contributed by atoms with Crippen LogP contribution in [0.25, 0.3) is 0 Å². The third kappa shape index (κ3) is 4.91. The zero-order chi connectivity index (χ0) is 14.3. The van der Waals surface area contributed by atoms with Crippen LogP contribution < -0.4 is 10.6 Å². The summed E-state index contributed by atoms with van der Waals surface area (Å²) >= 11 is 0. The van der Waals surface area contributed by atoms with Gasteiger partial charge in [0.2, 0.25) is 5.91 Å². The van der Waals surface area contributed by atoms with Crippen LogP contribution in [0.2, 0.25) is 0 Å². The van der Waals surface area contributed by atoms with E-state index in [2.05, 4.69) is 24.5 Å².